The molecule has 0 unspecified atom stereocenters. The summed E-state index contributed by atoms with van der Waals surface area (Å²) in [7, 11) is 1.59. The van der Waals surface area contributed by atoms with E-state index in [2.05, 4.69) is 11.4 Å². The van der Waals surface area contributed by atoms with Gasteiger partial charge in [0.05, 0.1) is 23.4 Å². The molecule has 2 aromatic carbocycles. The topological polar surface area (TPSA) is 45.0 Å². The highest BCUT2D eigenvalue weighted by molar-refractivity contribution is 6.32. The maximum absolute atomic E-state index is 9.18. The molecular formula is C16H15ClN2O. The number of benzene rings is 2. The lowest BCUT2D eigenvalue weighted by Crippen LogP contribution is -2.02. The summed E-state index contributed by atoms with van der Waals surface area (Å²) in [4.78, 5) is 0. The molecule has 1 N–H and O–H groups in total. The summed E-state index contributed by atoms with van der Waals surface area (Å²) in [6.07, 6.45) is 0. The molecule has 0 amide bonds. The van der Waals surface area contributed by atoms with Crippen LogP contribution in [0.3, 0.4) is 0 Å². The van der Waals surface area contributed by atoms with Gasteiger partial charge in [-0.2, -0.15) is 5.26 Å². The number of hydrogen-bond donors (Lipinski definition) is 1. The first-order valence-corrected chi connectivity index (χ1v) is 6.59. The molecule has 0 aliphatic carbocycles. The Bertz CT molecular complexity index is 662. The largest absolute Gasteiger partial charge is 0.495 e. The second-order valence-corrected chi connectivity index (χ2v) is 4.84. The average Bonchev–Trinajstić information content (AvgIpc) is 2.45. The highest BCUT2D eigenvalue weighted by Gasteiger charge is 2.05. The van der Waals surface area contributed by atoms with Crippen molar-refractivity contribution >= 4 is 17.3 Å². The lowest BCUT2D eigenvalue weighted by atomic mass is 10.1. The van der Waals surface area contributed by atoms with E-state index in [9.17, 15) is 5.26 Å². The third-order valence-corrected chi connectivity index (χ3v) is 3.38. The normalized spacial score (nSPS) is 9.90. The van der Waals surface area contributed by atoms with Gasteiger partial charge in [-0.05, 0) is 36.2 Å². The first-order chi connectivity index (χ1) is 9.65. The number of nitrogens with one attached hydrogen (secondary N) is 1. The Morgan fingerprint density at radius 2 is 2.10 bits per heavy atom. The van der Waals surface area contributed by atoms with E-state index >= 15 is 0 Å². The molecule has 0 aliphatic rings. The van der Waals surface area contributed by atoms with Crippen molar-refractivity contribution in [2.45, 2.75) is 13.5 Å². The van der Waals surface area contributed by atoms with Crippen LogP contribution in [0.25, 0.3) is 0 Å². The zero-order valence-electron chi connectivity index (χ0n) is 11.4. The van der Waals surface area contributed by atoms with E-state index in [1.807, 2.05) is 43.3 Å². The Morgan fingerprint density at radius 3 is 2.75 bits per heavy atom. The van der Waals surface area contributed by atoms with Crippen molar-refractivity contribution < 1.29 is 4.74 Å². The first kappa shape index (κ1) is 14.2. The number of hydrogen-bond acceptors (Lipinski definition) is 3. The number of nitrogens with zero attached hydrogens (tertiary/aromatic N) is 1. The summed E-state index contributed by atoms with van der Waals surface area (Å²) in [5.41, 5.74) is 3.50. The third-order valence-electron chi connectivity index (χ3n) is 3.08. The smallest absolute Gasteiger partial charge is 0.137 e. The molecule has 2 aromatic rings. The maximum Gasteiger partial charge on any atom is 0.137 e. The number of ether oxygens (including phenoxy) is 1. The predicted molar refractivity (Wildman–Crippen MR) is 81.2 cm³/mol. The fourth-order valence-electron chi connectivity index (χ4n) is 1.98. The van der Waals surface area contributed by atoms with Gasteiger partial charge >= 0.3 is 0 Å². The SMILES string of the molecule is COc1ccc(CNc2cccc(C)c2C#N)cc1Cl. The zero-order valence-corrected chi connectivity index (χ0v) is 12.2. The monoisotopic (exact) mass is 286 g/mol. The molecule has 2 rings (SSSR count). The van der Waals surface area contributed by atoms with Crippen LogP contribution >= 0.6 is 11.6 Å². The zero-order chi connectivity index (χ0) is 14.5. The summed E-state index contributed by atoms with van der Waals surface area (Å²) in [5, 5.41) is 13.0. The number of nitriles is 1. The van der Waals surface area contributed by atoms with Crippen molar-refractivity contribution in [1.29, 1.82) is 5.26 Å². The van der Waals surface area contributed by atoms with E-state index in [1.165, 1.54) is 0 Å². The van der Waals surface area contributed by atoms with E-state index < -0.39 is 0 Å². The van der Waals surface area contributed by atoms with Gasteiger partial charge in [-0.1, -0.05) is 29.8 Å². The van der Waals surface area contributed by atoms with Gasteiger partial charge in [0, 0.05) is 6.54 Å². The molecule has 3 nitrogen and oxygen atoms in total. The van der Waals surface area contributed by atoms with Gasteiger partial charge < -0.3 is 10.1 Å². The molecule has 20 heavy (non-hydrogen) atoms. The number of rotatable bonds is 4. The molecule has 4 heteroatoms. The van der Waals surface area contributed by atoms with Crippen LogP contribution < -0.4 is 10.1 Å². The third kappa shape index (κ3) is 3.04. The van der Waals surface area contributed by atoms with Gasteiger partial charge in [0.25, 0.3) is 0 Å². The van der Waals surface area contributed by atoms with Crippen LogP contribution in [0.2, 0.25) is 5.02 Å². The Morgan fingerprint density at radius 1 is 1.30 bits per heavy atom. The molecule has 0 fully saturated rings. The van der Waals surface area contributed by atoms with Crippen LogP contribution in [0, 0.1) is 18.3 Å². The Labute approximate surface area is 123 Å². The van der Waals surface area contributed by atoms with Gasteiger partial charge in [0.2, 0.25) is 0 Å². The standard InChI is InChI=1S/C16H15ClN2O/c1-11-4-3-5-15(13(11)9-18)19-10-12-6-7-16(20-2)14(17)8-12/h3-8,19H,10H2,1-2H3. The second kappa shape index (κ2) is 6.31. The molecule has 0 atom stereocenters. The fourth-order valence-corrected chi connectivity index (χ4v) is 2.26. The van der Waals surface area contributed by atoms with Crippen molar-refractivity contribution in [2.24, 2.45) is 0 Å². The van der Waals surface area contributed by atoms with Crippen molar-refractivity contribution in [2.75, 3.05) is 12.4 Å². The van der Waals surface area contributed by atoms with Crippen molar-refractivity contribution in [3.8, 4) is 11.8 Å². The van der Waals surface area contributed by atoms with Crippen molar-refractivity contribution in [3.63, 3.8) is 0 Å². The predicted octanol–water partition coefficient (Wildman–Crippen LogP) is 4.14. The highest BCUT2D eigenvalue weighted by Crippen LogP contribution is 2.26. The van der Waals surface area contributed by atoms with Crippen LogP contribution in [0.1, 0.15) is 16.7 Å². The van der Waals surface area contributed by atoms with E-state index in [4.69, 9.17) is 16.3 Å². The number of halogens is 1. The molecule has 0 aromatic heterocycles. The molecule has 0 radical (unpaired) electrons. The lowest BCUT2D eigenvalue weighted by molar-refractivity contribution is 0.415. The number of aryl methyl sites for hydroxylation is 1. The minimum absolute atomic E-state index is 0.580. The van der Waals surface area contributed by atoms with Gasteiger partial charge in [-0.15, -0.1) is 0 Å². The van der Waals surface area contributed by atoms with Gasteiger partial charge in [-0.3, -0.25) is 0 Å². The molecule has 0 spiro atoms. The van der Waals surface area contributed by atoms with Gasteiger partial charge in [0.1, 0.15) is 11.8 Å². The van der Waals surface area contributed by atoms with E-state index in [0.29, 0.717) is 22.9 Å². The van der Waals surface area contributed by atoms with Crippen LogP contribution in [0.4, 0.5) is 5.69 Å². The van der Waals surface area contributed by atoms with Crippen LogP contribution in [-0.4, -0.2) is 7.11 Å². The minimum Gasteiger partial charge on any atom is -0.495 e. The van der Waals surface area contributed by atoms with E-state index in [0.717, 1.165) is 16.8 Å². The van der Waals surface area contributed by atoms with Crippen LogP contribution in [-0.2, 0) is 6.54 Å². The molecule has 0 heterocycles. The van der Waals surface area contributed by atoms with Gasteiger partial charge in [-0.25, -0.2) is 0 Å². The summed E-state index contributed by atoms with van der Waals surface area (Å²) >= 11 is 6.09. The van der Waals surface area contributed by atoms with Gasteiger partial charge in [0.15, 0.2) is 0 Å². The fraction of sp³-hybridized carbons (Fsp3) is 0.188. The summed E-state index contributed by atoms with van der Waals surface area (Å²) in [6, 6.07) is 13.6. The Kier molecular flexibility index (Phi) is 4.49. The van der Waals surface area contributed by atoms with Crippen molar-refractivity contribution in [3.05, 3.63) is 58.1 Å². The molecular weight excluding hydrogens is 272 g/mol. The molecule has 0 aliphatic heterocycles. The highest BCUT2D eigenvalue weighted by atomic mass is 35.5. The molecule has 102 valence electrons. The molecule has 0 saturated heterocycles. The minimum atomic E-state index is 0.580. The number of methoxy groups -OCH3 is 1. The maximum atomic E-state index is 9.18. The summed E-state index contributed by atoms with van der Waals surface area (Å²) < 4.78 is 5.12. The second-order valence-electron chi connectivity index (χ2n) is 4.43. The first-order valence-electron chi connectivity index (χ1n) is 6.21. The summed E-state index contributed by atoms with van der Waals surface area (Å²) in [5.74, 6) is 0.656. The van der Waals surface area contributed by atoms with E-state index in [1.54, 1.807) is 7.11 Å². The number of anilines is 1. The quantitative estimate of drug-likeness (QED) is 0.919. The average molecular weight is 287 g/mol. The van der Waals surface area contributed by atoms with E-state index in [-0.39, 0.29) is 0 Å². The summed E-state index contributed by atoms with van der Waals surface area (Å²) in [6.45, 7) is 2.52. The molecule has 0 bridgehead atoms. The Balaban J connectivity index is 2.15. The van der Waals surface area contributed by atoms with Crippen LogP contribution in [0.5, 0.6) is 5.75 Å². The lowest BCUT2D eigenvalue weighted by Gasteiger charge is -2.11. The molecule has 0 saturated carbocycles. The Hall–Kier alpha value is -2.18. The van der Waals surface area contributed by atoms with Crippen molar-refractivity contribution in [1.82, 2.24) is 0 Å². The van der Waals surface area contributed by atoms with Crippen LogP contribution in [0.15, 0.2) is 36.4 Å².